The molecule has 0 saturated heterocycles. The fourth-order valence-corrected chi connectivity index (χ4v) is 1.23. The molecule has 0 fully saturated rings. The topological polar surface area (TPSA) is 89.5 Å². The highest BCUT2D eigenvalue weighted by Crippen LogP contribution is 2.15. The molecule has 134 valence electrons. The molecule has 0 saturated carbocycles. The Hall–Kier alpha value is -2.00. The van der Waals surface area contributed by atoms with Gasteiger partial charge in [-0.25, -0.2) is 9.59 Å². The summed E-state index contributed by atoms with van der Waals surface area (Å²) < 4.78 is 0. The summed E-state index contributed by atoms with van der Waals surface area (Å²) >= 11 is 0. The average Bonchev–Trinajstić information content (AvgIpc) is 2.44. The van der Waals surface area contributed by atoms with Crippen LogP contribution in [0.15, 0.2) is 24.3 Å². The second-order valence-corrected chi connectivity index (χ2v) is 6.81. The summed E-state index contributed by atoms with van der Waals surface area (Å²) in [5.74, 6) is -1.85. The highest BCUT2D eigenvalue weighted by atomic mass is 17.5. The zero-order valence-electron chi connectivity index (χ0n) is 14.6. The molecular formula is C16H22O8. The first-order valence-electron chi connectivity index (χ1n) is 7.22. The Balaban J connectivity index is 2.69. The zero-order valence-corrected chi connectivity index (χ0v) is 14.6. The molecule has 0 aromatic heterocycles. The van der Waals surface area contributed by atoms with Crippen molar-refractivity contribution in [1.29, 1.82) is 0 Å². The Morgan fingerprint density at radius 3 is 1.33 bits per heavy atom. The first-order chi connectivity index (χ1) is 11.0. The van der Waals surface area contributed by atoms with E-state index in [0.717, 1.165) is 0 Å². The van der Waals surface area contributed by atoms with Crippen LogP contribution in [-0.2, 0) is 29.6 Å². The number of hydrogen-bond acceptors (Lipinski definition) is 8. The van der Waals surface area contributed by atoms with Crippen LogP contribution in [0.1, 0.15) is 62.3 Å². The van der Waals surface area contributed by atoms with Gasteiger partial charge in [0.1, 0.15) is 0 Å². The molecule has 0 aliphatic rings. The lowest BCUT2D eigenvalue weighted by Crippen LogP contribution is -2.22. The minimum Gasteiger partial charge on any atom is -0.263 e. The molecule has 0 bridgehead atoms. The number of carbonyl (C=O) groups is 2. The lowest BCUT2D eigenvalue weighted by molar-refractivity contribution is -0.511. The Morgan fingerprint density at radius 2 is 1.04 bits per heavy atom. The van der Waals surface area contributed by atoms with Crippen molar-refractivity contribution in [1.82, 2.24) is 0 Å². The van der Waals surface area contributed by atoms with Gasteiger partial charge in [0.15, 0.2) is 0 Å². The van der Waals surface area contributed by atoms with Gasteiger partial charge in [0.05, 0.1) is 22.3 Å². The minimum atomic E-state index is -0.927. The van der Waals surface area contributed by atoms with Gasteiger partial charge in [0, 0.05) is 0 Å². The Bertz CT molecular complexity index is 517. The lowest BCUT2D eigenvalue weighted by Gasteiger charge is -2.16. The highest BCUT2D eigenvalue weighted by Gasteiger charge is 2.23. The van der Waals surface area contributed by atoms with Gasteiger partial charge in [0.2, 0.25) is 0 Å². The SMILES string of the molecule is CC(C)(C)OOOC(=O)c1ccccc1C(=O)OOOC(C)(C)C. The predicted molar refractivity (Wildman–Crippen MR) is 81.1 cm³/mol. The summed E-state index contributed by atoms with van der Waals surface area (Å²) in [6.07, 6.45) is 0. The van der Waals surface area contributed by atoms with Crippen LogP contribution in [0, 0.1) is 0 Å². The van der Waals surface area contributed by atoms with E-state index in [1.54, 1.807) is 53.7 Å². The van der Waals surface area contributed by atoms with E-state index in [1.165, 1.54) is 12.1 Å². The molecule has 1 rings (SSSR count). The van der Waals surface area contributed by atoms with Crippen molar-refractivity contribution in [2.24, 2.45) is 0 Å². The summed E-state index contributed by atoms with van der Waals surface area (Å²) in [4.78, 5) is 42.6. The Labute approximate surface area is 140 Å². The largest absolute Gasteiger partial charge is 0.377 e. The van der Waals surface area contributed by atoms with E-state index in [0.29, 0.717) is 0 Å². The van der Waals surface area contributed by atoms with Gasteiger partial charge in [-0.3, -0.25) is 9.78 Å². The van der Waals surface area contributed by atoms with Crippen LogP contribution in [-0.4, -0.2) is 23.1 Å². The predicted octanol–water partition coefficient (Wildman–Crippen LogP) is 3.32. The molecule has 0 spiro atoms. The van der Waals surface area contributed by atoms with E-state index in [2.05, 4.69) is 19.9 Å². The molecule has 0 radical (unpaired) electrons. The average molecular weight is 342 g/mol. The summed E-state index contributed by atoms with van der Waals surface area (Å²) in [7, 11) is 0. The number of hydrogen-bond donors (Lipinski definition) is 0. The first-order valence-corrected chi connectivity index (χ1v) is 7.22. The van der Waals surface area contributed by atoms with Crippen LogP contribution in [0.5, 0.6) is 0 Å². The summed E-state index contributed by atoms with van der Waals surface area (Å²) in [6.45, 7) is 10.2. The molecule has 1 aromatic rings. The van der Waals surface area contributed by atoms with Gasteiger partial charge in [-0.05, 0) is 63.8 Å². The third-order valence-corrected chi connectivity index (χ3v) is 2.15. The van der Waals surface area contributed by atoms with Crippen molar-refractivity contribution in [2.75, 3.05) is 0 Å². The van der Waals surface area contributed by atoms with E-state index < -0.39 is 23.1 Å². The summed E-state index contributed by atoms with van der Waals surface area (Å²) in [5.41, 5.74) is -1.51. The normalized spacial score (nSPS) is 11.9. The number of benzene rings is 1. The van der Waals surface area contributed by atoms with Crippen molar-refractivity contribution < 1.29 is 39.2 Å². The maximum absolute atomic E-state index is 12.0. The van der Waals surface area contributed by atoms with Gasteiger partial charge in [-0.1, -0.05) is 12.1 Å². The van der Waals surface area contributed by atoms with E-state index in [1.807, 2.05) is 0 Å². The van der Waals surface area contributed by atoms with E-state index in [9.17, 15) is 9.59 Å². The third kappa shape index (κ3) is 7.51. The molecule has 0 unspecified atom stereocenters. The smallest absolute Gasteiger partial charge is 0.263 e. The van der Waals surface area contributed by atoms with E-state index in [4.69, 9.17) is 9.78 Å². The second-order valence-electron chi connectivity index (χ2n) is 6.81. The minimum absolute atomic E-state index is 0.0839. The van der Waals surface area contributed by atoms with Gasteiger partial charge in [0.25, 0.3) is 0 Å². The molecule has 0 N–H and O–H groups in total. The zero-order chi connectivity index (χ0) is 18.4. The van der Waals surface area contributed by atoms with Crippen molar-refractivity contribution in [3.63, 3.8) is 0 Å². The molecule has 8 heteroatoms. The highest BCUT2D eigenvalue weighted by molar-refractivity contribution is 6.02. The van der Waals surface area contributed by atoms with E-state index in [-0.39, 0.29) is 11.1 Å². The van der Waals surface area contributed by atoms with Crippen molar-refractivity contribution in [2.45, 2.75) is 52.7 Å². The molecule has 24 heavy (non-hydrogen) atoms. The van der Waals surface area contributed by atoms with Crippen LogP contribution < -0.4 is 0 Å². The van der Waals surface area contributed by atoms with E-state index >= 15 is 0 Å². The molecule has 0 amide bonds. The number of carbonyl (C=O) groups excluding carboxylic acids is 2. The van der Waals surface area contributed by atoms with Gasteiger partial charge in [-0.15, -0.1) is 0 Å². The van der Waals surface area contributed by atoms with Gasteiger partial charge in [-0.2, -0.15) is 9.78 Å². The molecule has 0 aliphatic carbocycles. The Morgan fingerprint density at radius 1 is 0.708 bits per heavy atom. The first kappa shape index (κ1) is 20.0. The standard InChI is InChI=1S/C16H22O8/c1-15(2,3)21-23-19-13(17)11-9-7-8-10-12(11)14(18)20-24-22-16(4,5)6/h7-10H,1-6H3. The second kappa shape index (κ2) is 8.20. The summed E-state index contributed by atoms with van der Waals surface area (Å²) in [5, 5.41) is 8.83. The van der Waals surface area contributed by atoms with Crippen LogP contribution in [0.4, 0.5) is 0 Å². The summed E-state index contributed by atoms with van der Waals surface area (Å²) in [6, 6.07) is 5.82. The monoisotopic (exact) mass is 342 g/mol. The van der Waals surface area contributed by atoms with Crippen LogP contribution in [0.25, 0.3) is 0 Å². The maximum Gasteiger partial charge on any atom is 0.377 e. The molecule has 8 nitrogen and oxygen atoms in total. The quantitative estimate of drug-likeness (QED) is 0.574. The molecule has 0 heterocycles. The van der Waals surface area contributed by atoms with Crippen molar-refractivity contribution in [3.8, 4) is 0 Å². The van der Waals surface area contributed by atoms with Crippen LogP contribution in [0.2, 0.25) is 0 Å². The molecule has 0 atom stereocenters. The number of rotatable bonds is 6. The fourth-order valence-electron chi connectivity index (χ4n) is 1.23. The molecule has 0 aliphatic heterocycles. The molecule has 1 aromatic carbocycles. The van der Waals surface area contributed by atoms with Crippen LogP contribution >= 0.6 is 0 Å². The maximum atomic E-state index is 12.0. The van der Waals surface area contributed by atoms with Gasteiger partial charge >= 0.3 is 11.9 Å². The third-order valence-electron chi connectivity index (χ3n) is 2.15. The van der Waals surface area contributed by atoms with Crippen molar-refractivity contribution >= 4 is 11.9 Å². The lowest BCUT2D eigenvalue weighted by atomic mass is 10.1. The molecular weight excluding hydrogens is 320 g/mol. The fraction of sp³-hybridized carbons (Fsp3) is 0.500. The Kier molecular flexibility index (Phi) is 6.85. The van der Waals surface area contributed by atoms with Crippen LogP contribution in [0.3, 0.4) is 0 Å². The van der Waals surface area contributed by atoms with Gasteiger partial charge < -0.3 is 0 Å². The van der Waals surface area contributed by atoms with Crippen molar-refractivity contribution in [3.05, 3.63) is 35.4 Å².